The second-order valence-electron chi connectivity index (χ2n) is 6.11. The van der Waals surface area contributed by atoms with E-state index < -0.39 is 0 Å². The molecule has 134 valence electrons. The van der Waals surface area contributed by atoms with Gasteiger partial charge in [0.15, 0.2) is 5.13 Å². The topological polar surface area (TPSA) is 80.1 Å². The van der Waals surface area contributed by atoms with Crippen molar-refractivity contribution in [2.45, 2.75) is 30.8 Å². The second-order valence-corrected chi connectivity index (χ2v) is 7.97. The molecule has 0 saturated carbocycles. The lowest BCUT2D eigenvalue weighted by Gasteiger charge is -2.16. The van der Waals surface area contributed by atoms with Crippen LogP contribution in [0.25, 0.3) is 0 Å². The number of carbonyl (C=O) groups is 1. The van der Waals surface area contributed by atoms with E-state index >= 15 is 0 Å². The number of hydrogen-bond acceptors (Lipinski definition) is 7. The van der Waals surface area contributed by atoms with Crippen molar-refractivity contribution in [1.82, 2.24) is 19.4 Å². The van der Waals surface area contributed by atoms with E-state index in [2.05, 4.69) is 20.2 Å². The summed E-state index contributed by atoms with van der Waals surface area (Å²) in [6.45, 7) is 1.45. The molecule has 1 aliphatic carbocycles. The molecule has 0 aliphatic heterocycles. The zero-order valence-corrected chi connectivity index (χ0v) is 16.0. The first-order valence-electron chi connectivity index (χ1n) is 8.14. The number of carbonyl (C=O) groups excluding carboxylic acids is 1. The summed E-state index contributed by atoms with van der Waals surface area (Å²) in [6, 6.07) is 0. The first kappa shape index (κ1) is 18.1. The standard InChI is InChI=1S/C16H21N5O2S2/c1-20(2)7-8-21-12-5-3-4-11(12)14(19-16(21)23)25-10-13(22)18-15-17-6-9-24-15/h6,9H,3-5,7-8,10H2,1-2H3,(H,17,18,22). The third kappa shape index (κ3) is 4.47. The Bertz CT molecular complexity index is 802. The fourth-order valence-electron chi connectivity index (χ4n) is 2.81. The molecule has 0 saturated heterocycles. The molecule has 0 aromatic carbocycles. The van der Waals surface area contributed by atoms with Crippen LogP contribution < -0.4 is 11.0 Å². The third-order valence-electron chi connectivity index (χ3n) is 3.99. The van der Waals surface area contributed by atoms with Gasteiger partial charge in [0.25, 0.3) is 0 Å². The predicted molar refractivity (Wildman–Crippen MR) is 101 cm³/mol. The van der Waals surface area contributed by atoms with Crippen LogP contribution in [0.2, 0.25) is 0 Å². The van der Waals surface area contributed by atoms with Crippen LogP contribution in [-0.4, -0.2) is 51.7 Å². The molecule has 0 atom stereocenters. The molecule has 0 fully saturated rings. The molecule has 0 spiro atoms. The first-order valence-corrected chi connectivity index (χ1v) is 10.0. The van der Waals surface area contributed by atoms with Crippen LogP contribution in [-0.2, 0) is 24.2 Å². The van der Waals surface area contributed by atoms with Gasteiger partial charge in [0.05, 0.1) is 5.75 Å². The fraction of sp³-hybridized carbons (Fsp3) is 0.500. The van der Waals surface area contributed by atoms with Gasteiger partial charge in [0, 0.05) is 35.9 Å². The van der Waals surface area contributed by atoms with Gasteiger partial charge in [-0.1, -0.05) is 11.8 Å². The highest BCUT2D eigenvalue weighted by Crippen LogP contribution is 2.29. The van der Waals surface area contributed by atoms with Crippen LogP contribution in [0.1, 0.15) is 17.7 Å². The molecular formula is C16H21N5O2S2. The van der Waals surface area contributed by atoms with E-state index in [0.29, 0.717) is 16.7 Å². The zero-order chi connectivity index (χ0) is 17.8. The average molecular weight is 380 g/mol. The Morgan fingerprint density at radius 3 is 3.00 bits per heavy atom. The van der Waals surface area contributed by atoms with Gasteiger partial charge in [-0.15, -0.1) is 11.3 Å². The number of fused-ring (bicyclic) bond motifs is 1. The van der Waals surface area contributed by atoms with E-state index in [1.165, 1.54) is 23.1 Å². The van der Waals surface area contributed by atoms with Crippen LogP contribution in [0.5, 0.6) is 0 Å². The van der Waals surface area contributed by atoms with Crippen LogP contribution >= 0.6 is 23.1 Å². The number of thiazole rings is 1. The molecule has 9 heteroatoms. The lowest BCUT2D eigenvalue weighted by atomic mass is 10.2. The minimum absolute atomic E-state index is 0.134. The van der Waals surface area contributed by atoms with Gasteiger partial charge < -0.3 is 10.2 Å². The van der Waals surface area contributed by atoms with Crippen molar-refractivity contribution in [3.05, 3.63) is 33.3 Å². The maximum absolute atomic E-state index is 12.4. The first-order chi connectivity index (χ1) is 12.0. The third-order valence-corrected chi connectivity index (χ3v) is 5.70. The molecular weight excluding hydrogens is 358 g/mol. The van der Waals surface area contributed by atoms with Gasteiger partial charge in [-0.2, -0.15) is 4.98 Å². The lowest BCUT2D eigenvalue weighted by molar-refractivity contribution is -0.113. The van der Waals surface area contributed by atoms with Crippen molar-refractivity contribution in [2.75, 3.05) is 31.7 Å². The summed E-state index contributed by atoms with van der Waals surface area (Å²) in [5, 5.41) is 5.85. The van der Waals surface area contributed by atoms with Crippen molar-refractivity contribution in [3.63, 3.8) is 0 Å². The van der Waals surface area contributed by atoms with Crippen molar-refractivity contribution >= 4 is 34.1 Å². The van der Waals surface area contributed by atoms with Gasteiger partial charge in [-0.05, 0) is 33.4 Å². The number of nitrogens with one attached hydrogen (secondary N) is 1. The molecule has 25 heavy (non-hydrogen) atoms. The molecule has 2 aromatic rings. The number of thioether (sulfide) groups is 1. The minimum atomic E-state index is -0.217. The number of anilines is 1. The summed E-state index contributed by atoms with van der Waals surface area (Å²) in [4.78, 5) is 34.8. The maximum Gasteiger partial charge on any atom is 0.348 e. The number of amides is 1. The Hall–Kier alpha value is -1.71. The molecule has 0 radical (unpaired) electrons. The molecule has 2 aromatic heterocycles. The van der Waals surface area contributed by atoms with Crippen molar-refractivity contribution in [2.24, 2.45) is 0 Å². The van der Waals surface area contributed by atoms with E-state index in [0.717, 1.165) is 37.1 Å². The summed E-state index contributed by atoms with van der Waals surface area (Å²) in [7, 11) is 3.98. The summed E-state index contributed by atoms with van der Waals surface area (Å²) in [5.41, 5.74) is 2.00. The molecule has 2 heterocycles. The molecule has 1 amide bonds. The smallest absolute Gasteiger partial charge is 0.308 e. The van der Waals surface area contributed by atoms with E-state index in [-0.39, 0.29) is 17.3 Å². The molecule has 1 N–H and O–H groups in total. The number of hydrogen-bond donors (Lipinski definition) is 1. The van der Waals surface area contributed by atoms with E-state index in [1.54, 1.807) is 10.8 Å². The van der Waals surface area contributed by atoms with Gasteiger partial charge in [-0.25, -0.2) is 9.78 Å². The highest BCUT2D eigenvalue weighted by molar-refractivity contribution is 8.00. The van der Waals surface area contributed by atoms with Crippen molar-refractivity contribution < 1.29 is 4.79 Å². The largest absolute Gasteiger partial charge is 0.348 e. The Morgan fingerprint density at radius 1 is 1.44 bits per heavy atom. The lowest BCUT2D eigenvalue weighted by Crippen LogP contribution is -2.31. The second kappa shape index (κ2) is 8.11. The Balaban J connectivity index is 1.72. The van der Waals surface area contributed by atoms with Crippen LogP contribution in [0.15, 0.2) is 21.4 Å². The van der Waals surface area contributed by atoms with Crippen molar-refractivity contribution in [3.8, 4) is 0 Å². The Kier molecular flexibility index (Phi) is 5.87. The number of likely N-dealkylation sites (N-methyl/N-ethyl adjacent to an activating group) is 1. The van der Waals surface area contributed by atoms with Crippen molar-refractivity contribution in [1.29, 1.82) is 0 Å². The molecule has 7 nitrogen and oxygen atoms in total. The quantitative estimate of drug-likeness (QED) is 0.580. The monoisotopic (exact) mass is 379 g/mol. The summed E-state index contributed by atoms with van der Waals surface area (Å²) in [6.07, 6.45) is 4.50. The molecule has 1 aliphatic rings. The summed E-state index contributed by atoms with van der Waals surface area (Å²) in [5.74, 6) is 0.0884. The van der Waals surface area contributed by atoms with Gasteiger partial charge in [-0.3, -0.25) is 9.36 Å². The summed E-state index contributed by atoms with van der Waals surface area (Å²) >= 11 is 2.71. The van der Waals surface area contributed by atoms with Gasteiger partial charge in [0.1, 0.15) is 5.03 Å². The summed E-state index contributed by atoms with van der Waals surface area (Å²) < 4.78 is 1.79. The SMILES string of the molecule is CN(C)CCn1c2c(c(SCC(=O)Nc3nccs3)nc1=O)CCC2. The number of nitrogens with zero attached hydrogens (tertiary/aromatic N) is 4. The van der Waals surface area contributed by atoms with Gasteiger partial charge >= 0.3 is 5.69 Å². The highest BCUT2D eigenvalue weighted by atomic mass is 32.2. The Morgan fingerprint density at radius 2 is 2.28 bits per heavy atom. The molecule has 0 bridgehead atoms. The highest BCUT2D eigenvalue weighted by Gasteiger charge is 2.22. The predicted octanol–water partition coefficient (Wildman–Crippen LogP) is 1.48. The normalized spacial score (nSPS) is 13.2. The molecule has 0 unspecified atom stereocenters. The van der Waals surface area contributed by atoms with Gasteiger partial charge in [0.2, 0.25) is 5.91 Å². The average Bonchev–Trinajstić information content (AvgIpc) is 3.23. The van der Waals surface area contributed by atoms with Crippen LogP contribution in [0.3, 0.4) is 0 Å². The maximum atomic E-state index is 12.4. The van der Waals surface area contributed by atoms with E-state index in [9.17, 15) is 9.59 Å². The van der Waals surface area contributed by atoms with E-state index in [4.69, 9.17) is 0 Å². The number of rotatable bonds is 7. The minimum Gasteiger partial charge on any atom is -0.308 e. The fourth-order valence-corrected chi connectivity index (χ4v) is 4.23. The van der Waals surface area contributed by atoms with Crippen LogP contribution in [0, 0.1) is 0 Å². The molecule has 3 rings (SSSR count). The Labute approximate surface area is 154 Å². The van der Waals surface area contributed by atoms with Crippen LogP contribution in [0.4, 0.5) is 5.13 Å². The number of aromatic nitrogens is 3. The van der Waals surface area contributed by atoms with E-state index in [1.807, 2.05) is 19.5 Å². The zero-order valence-electron chi connectivity index (χ0n) is 14.3.